The number of carbonyl (C=O) groups is 1. The number of para-hydroxylation sites is 2. The molecule has 0 bridgehead atoms. The van der Waals surface area contributed by atoms with Crippen LogP contribution in [0.1, 0.15) is 15.9 Å². The Morgan fingerprint density at radius 1 is 0.261 bits per heavy atom. The van der Waals surface area contributed by atoms with Gasteiger partial charge in [0.2, 0.25) is 0 Å². The molecule has 0 saturated carbocycles. The normalized spacial score (nSPS) is 11.2. The Kier molecular flexibility index (Phi) is 10.7. The predicted molar refractivity (Wildman–Crippen MR) is 289 cm³/mol. The van der Waals surface area contributed by atoms with E-state index in [-0.39, 0.29) is 5.78 Å². The zero-order chi connectivity index (χ0) is 46.1. The fraction of sp³-hybridized carbons (Fsp3) is 0. The molecule has 12 aromatic rings. The van der Waals surface area contributed by atoms with Crippen molar-refractivity contribution in [3.63, 3.8) is 0 Å². The maximum atomic E-state index is 14.6. The molecule has 12 rings (SSSR count). The van der Waals surface area contributed by atoms with Crippen LogP contribution < -0.4 is 0 Å². The maximum absolute atomic E-state index is 14.6. The number of hydrogen-bond donors (Lipinski definition) is 0. The van der Waals surface area contributed by atoms with Gasteiger partial charge in [-0.05, 0) is 145 Å². The number of ketones is 1. The molecule has 69 heavy (non-hydrogen) atoms. The van der Waals surface area contributed by atoms with Gasteiger partial charge >= 0.3 is 0 Å². The van der Waals surface area contributed by atoms with Gasteiger partial charge in [0.05, 0.1) is 11.0 Å². The molecule has 0 amide bonds. The lowest BCUT2D eigenvalue weighted by Crippen LogP contribution is -2.02. The predicted octanol–water partition coefficient (Wildman–Crippen LogP) is 17.7. The summed E-state index contributed by atoms with van der Waals surface area (Å²) in [6.45, 7) is 0. The van der Waals surface area contributed by atoms with Crippen LogP contribution in [0.2, 0.25) is 0 Å². The highest BCUT2D eigenvalue weighted by molar-refractivity contribution is 6.11. The molecule has 324 valence electrons. The van der Waals surface area contributed by atoms with Crippen LogP contribution in [0.25, 0.3) is 105 Å². The molecule has 0 unspecified atom stereocenters. The highest BCUT2D eigenvalue weighted by Gasteiger charge is 2.20. The summed E-state index contributed by atoms with van der Waals surface area (Å²) in [6, 6.07) is 96.1. The molecule has 0 fully saturated rings. The third-order valence-electron chi connectivity index (χ3n) is 13.4. The van der Waals surface area contributed by atoms with Gasteiger partial charge in [-0.3, -0.25) is 4.79 Å². The fourth-order valence-electron chi connectivity index (χ4n) is 10.0. The molecule has 0 saturated heterocycles. The first-order valence-corrected chi connectivity index (χ1v) is 23.5. The van der Waals surface area contributed by atoms with Crippen LogP contribution in [0, 0.1) is 0 Å². The van der Waals surface area contributed by atoms with Gasteiger partial charge in [-0.1, -0.05) is 206 Å². The summed E-state index contributed by atoms with van der Waals surface area (Å²) in [7, 11) is 0. The fourth-order valence-corrected chi connectivity index (χ4v) is 10.0. The minimum Gasteiger partial charge on any atom is -0.309 e. The third kappa shape index (κ3) is 7.94. The minimum absolute atomic E-state index is 0.0145. The molecule has 0 aliphatic rings. The number of aromatic nitrogens is 1. The van der Waals surface area contributed by atoms with E-state index in [1.54, 1.807) is 0 Å². The van der Waals surface area contributed by atoms with Crippen molar-refractivity contribution in [1.29, 1.82) is 0 Å². The molecule has 0 atom stereocenters. The SMILES string of the molecule is O=C(c1cccc(-c2cccc(-c3c(-c4ccccc4)cc(-c4ccc(-n5c6ccccc6c6ccccc65)cc4)cc3-c3ccccc3)c2)c1)c1cc(-c2ccccc2)cc(-c2ccccc2)c1. The summed E-state index contributed by atoms with van der Waals surface area (Å²) in [4.78, 5) is 14.6. The topological polar surface area (TPSA) is 22.0 Å². The lowest BCUT2D eigenvalue weighted by atomic mass is 9.84. The quantitative estimate of drug-likeness (QED) is 0.125. The summed E-state index contributed by atoms with van der Waals surface area (Å²) in [5.74, 6) is -0.0145. The highest BCUT2D eigenvalue weighted by atomic mass is 16.1. The number of carbonyl (C=O) groups excluding carboxylic acids is 1. The molecule has 2 heteroatoms. The average molecular weight is 880 g/mol. The molecular weight excluding hydrogens is 835 g/mol. The number of fused-ring (bicyclic) bond motifs is 3. The summed E-state index contributed by atoms with van der Waals surface area (Å²) in [6.07, 6.45) is 0. The van der Waals surface area contributed by atoms with Crippen LogP contribution >= 0.6 is 0 Å². The van der Waals surface area contributed by atoms with E-state index in [0.29, 0.717) is 11.1 Å². The van der Waals surface area contributed by atoms with E-state index in [9.17, 15) is 4.79 Å². The van der Waals surface area contributed by atoms with Crippen molar-refractivity contribution in [2.24, 2.45) is 0 Å². The Balaban J connectivity index is 0.958. The number of rotatable bonds is 10. The zero-order valence-electron chi connectivity index (χ0n) is 37.8. The van der Waals surface area contributed by atoms with E-state index in [1.165, 1.54) is 21.8 Å². The van der Waals surface area contributed by atoms with Gasteiger partial charge < -0.3 is 4.57 Å². The lowest BCUT2D eigenvalue weighted by Gasteiger charge is -2.20. The van der Waals surface area contributed by atoms with Gasteiger partial charge in [-0.2, -0.15) is 0 Å². The van der Waals surface area contributed by atoms with Gasteiger partial charge in [0, 0.05) is 27.6 Å². The van der Waals surface area contributed by atoms with E-state index in [4.69, 9.17) is 0 Å². The number of benzene rings is 11. The summed E-state index contributed by atoms with van der Waals surface area (Å²) < 4.78 is 2.37. The van der Waals surface area contributed by atoms with Crippen molar-refractivity contribution in [2.45, 2.75) is 0 Å². The van der Waals surface area contributed by atoms with E-state index in [1.807, 2.05) is 66.7 Å². The molecule has 0 aliphatic carbocycles. The molecule has 0 radical (unpaired) electrons. The largest absolute Gasteiger partial charge is 0.309 e. The monoisotopic (exact) mass is 879 g/mol. The molecule has 0 N–H and O–H groups in total. The summed E-state index contributed by atoms with van der Waals surface area (Å²) in [5.41, 5.74) is 20.1. The highest BCUT2D eigenvalue weighted by Crippen LogP contribution is 2.45. The van der Waals surface area contributed by atoms with Crippen molar-refractivity contribution in [3.05, 3.63) is 284 Å². The van der Waals surface area contributed by atoms with Crippen LogP contribution in [-0.2, 0) is 0 Å². The second-order valence-corrected chi connectivity index (χ2v) is 17.6. The van der Waals surface area contributed by atoms with Crippen LogP contribution in [0.4, 0.5) is 0 Å². The molecule has 0 aliphatic heterocycles. The van der Waals surface area contributed by atoms with Gasteiger partial charge in [0.25, 0.3) is 0 Å². The Morgan fingerprint density at radius 3 is 1.17 bits per heavy atom. The first-order valence-electron chi connectivity index (χ1n) is 23.5. The summed E-state index contributed by atoms with van der Waals surface area (Å²) in [5, 5.41) is 2.50. The molecule has 11 aromatic carbocycles. The van der Waals surface area contributed by atoms with E-state index >= 15 is 0 Å². The lowest BCUT2D eigenvalue weighted by molar-refractivity contribution is 0.103. The average Bonchev–Trinajstić information content (AvgIpc) is 3.78. The Morgan fingerprint density at radius 2 is 0.638 bits per heavy atom. The number of nitrogens with zero attached hydrogens (tertiary/aromatic N) is 1. The van der Waals surface area contributed by atoms with Crippen LogP contribution in [0.15, 0.2) is 273 Å². The van der Waals surface area contributed by atoms with Gasteiger partial charge in [-0.25, -0.2) is 0 Å². The van der Waals surface area contributed by atoms with E-state index in [2.05, 4.69) is 211 Å². The second-order valence-electron chi connectivity index (χ2n) is 17.6. The Hall–Kier alpha value is -9.11. The van der Waals surface area contributed by atoms with Gasteiger partial charge in [0.15, 0.2) is 5.78 Å². The van der Waals surface area contributed by atoms with Crippen molar-refractivity contribution in [2.75, 3.05) is 0 Å². The van der Waals surface area contributed by atoms with Gasteiger partial charge in [0.1, 0.15) is 0 Å². The van der Waals surface area contributed by atoms with Crippen LogP contribution in [0.5, 0.6) is 0 Å². The van der Waals surface area contributed by atoms with E-state index < -0.39 is 0 Å². The van der Waals surface area contributed by atoms with Crippen LogP contribution in [0.3, 0.4) is 0 Å². The molecule has 1 heterocycles. The molecular formula is C67H45NO. The smallest absolute Gasteiger partial charge is 0.193 e. The summed E-state index contributed by atoms with van der Waals surface area (Å²) >= 11 is 0. The first kappa shape index (κ1) is 41.3. The molecule has 2 nitrogen and oxygen atoms in total. The van der Waals surface area contributed by atoms with Gasteiger partial charge in [-0.15, -0.1) is 0 Å². The van der Waals surface area contributed by atoms with Crippen molar-refractivity contribution in [1.82, 2.24) is 4.57 Å². The maximum Gasteiger partial charge on any atom is 0.193 e. The second kappa shape index (κ2) is 17.9. The van der Waals surface area contributed by atoms with Crippen molar-refractivity contribution < 1.29 is 4.79 Å². The Bertz CT molecular complexity index is 3640. The van der Waals surface area contributed by atoms with E-state index in [0.717, 1.165) is 83.6 Å². The first-order chi connectivity index (χ1) is 34.1. The van der Waals surface area contributed by atoms with Crippen molar-refractivity contribution >= 4 is 27.6 Å². The standard InChI is InChI=1S/C67H45NO/c69-67(58-42-55(46-19-5-1-6-20-46)41-56(43-58)47-21-7-2-8-22-47)54-30-18-28-52(40-54)51-27-17-29-53(39-51)66-62(49-23-9-3-10-24-49)44-57(45-63(66)50-25-11-4-12-26-50)48-35-37-59(38-36-48)68-64-33-15-13-31-60(64)61-32-14-16-34-65(61)68/h1-45H. The zero-order valence-corrected chi connectivity index (χ0v) is 37.8. The van der Waals surface area contributed by atoms with Crippen LogP contribution in [-0.4, -0.2) is 10.4 Å². The molecule has 0 spiro atoms. The number of hydrogen-bond acceptors (Lipinski definition) is 1. The third-order valence-corrected chi connectivity index (χ3v) is 13.4. The molecule has 1 aromatic heterocycles. The van der Waals surface area contributed by atoms with Crippen molar-refractivity contribution in [3.8, 4) is 83.6 Å². The minimum atomic E-state index is -0.0145. The Labute approximate surface area is 402 Å².